The quantitative estimate of drug-likeness (QED) is 0.694. The number of carboxylic acid groups (broad SMARTS) is 2. The molecule has 98 valence electrons. The Morgan fingerprint density at radius 3 is 2.50 bits per heavy atom. The maximum Gasteiger partial charge on any atom is 0.337 e. The first-order chi connectivity index (χ1) is 8.45. The first kappa shape index (κ1) is 14.0. The molecule has 18 heavy (non-hydrogen) atoms. The van der Waals surface area contributed by atoms with Gasteiger partial charge in [0.25, 0.3) is 0 Å². The summed E-state index contributed by atoms with van der Waals surface area (Å²) in [5, 5.41) is 26.7. The maximum atomic E-state index is 10.7. The van der Waals surface area contributed by atoms with E-state index >= 15 is 0 Å². The highest BCUT2D eigenvalue weighted by molar-refractivity contribution is 5.75. The monoisotopic (exact) mass is 254 g/mol. The summed E-state index contributed by atoms with van der Waals surface area (Å²) in [4.78, 5) is 21.1. The van der Waals surface area contributed by atoms with Crippen LogP contribution >= 0.6 is 0 Å². The molecule has 1 rings (SSSR count). The number of aliphatic carboxylic acids is 2. The van der Waals surface area contributed by atoms with Crippen molar-refractivity contribution in [2.45, 2.75) is 18.9 Å². The molecule has 0 aliphatic carbocycles. The number of methoxy groups -OCH3 is 1. The molecule has 0 saturated carbocycles. The number of ether oxygens (including phenoxy) is 1. The number of aryl methyl sites for hydroxylation is 1. The summed E-state index contributed by atoms with van der Waals surface area (Å²) >= 11 is 0. The number of carboxylic acids is 2. The molecule has 0 aromatic heterocycles. The van der Waals surface area contributed by atoms with Crippen LogP contribution in [-0.4, -0.2) is 34.4 Å². The van der Waals surface area contributed by atoms with Crippen molar-refractivity contribution in [3.63, 3.8) is 0 Å². The van der Waals surface area contributed by atoms with Gasteiger partial charge in [-0.2, -0.15) is 0 Å². The lowest BCUT2D eigenvalue weighted by atomic mass is 10.0. The van der Waals surface area contributed by atoms with Gasteiger partial charge in [0.2, 0.25) is 0 Å². The molecule has 0 spiro atoms. The van der Waals surface area contributed by atoms with Gasteiger partial charge in [0.1, 0.15) is 5.75 Å². The van der Waals surface area contributed by atoms with Gasteiger partial charge in [-0.25, -0.2) is 4.79 Å². The molecule has 0 aliphatic rings. The Hall–Kier alpha value is -2.08. The topological polar surface area (TPSA) is 104 Å². The minimum Gasteiger partial charge on any atom is -0.496 e. The van der Waals surface area contributed by atoms with Gasteiger partial charge in [0, 0.05) is 12.0 Å². The third-order valence-electron chi connectivity index (χ3n) is 2.45. The number of carbonyl (C=O) groups is 2. The predicted octanol–water partition coefficient (Wildman–Crippen LogP) is 0.830. The molecule has 1 aromatic rings. The maximum absolute atomic E-state index is 10.7. The first-order valence-corrected chi connectivity index (χ1v) is 5.25. The molecule has 0 fully saturated rings. The van der Waals surface area contributed by atoms with Gasteiger partial charge in [0.05, 0.1) is 7.11 Å². The molecule has 6 nitrogen and oxygen atoms in total. The zero-order valence-electron chi connectivity index (χ0n) is 9.79. The molecule has 0 aliphatic heterocycles. The van der Waals surface area contributed by atoms with Gasteiger partial charge in [0.15, 0.2) is 6.10 Å². The lowest BCUT2D eigenvalue weighted by Crippen LogP contribution is -2.12. The Labute approximate surface area is 103 Å². The van der Waals surface area contributed by atoms with Crippen molar-refractivity contribution in [2.24, 2.45) is 0 Å². The second-order valence-corrected chi connectivity index (χ2v) is 3.71. The normalized spacial score (nSPS) is 11.9. The van der Waals surface area contributed by atoms with E-state index in [1.165, 1.54) is 19.2 Å². The molecular weight excluding hydrogens is 240 g/mol. The second kappa shape index (κ2) is 6.02. The zero-order valence-corrected chi connectivity index (χ0v) is 9.79. The summed E-state index contributed by atoms with van der Waals surface area (Å²) in [5.41, 5.74) is 0.847. The minimum atomic E-state index is -1.66. The van der Waals surface area contributed by atoms with E-state index in [4.69, 9.17) is 14.9 Å². The van der Waals surface area contributed by atoms with Crippen LogP contribution in [-0.2, 0) is 16.0 Å². The number of hydrogen-bond acceptors (Lipinski definition) is 4. The molecule has 3 N–H and O–H groups in total. The Morgan fingerprint density at radius 2 is 2.00 bits per heavy atom. The highest BCUT2D eigenvalue weighted by atomic mass is 16.5. The van der Waals surface area contributed by atoms with Gasteiger partial charge >= 0.3 is 11.9 Å². The van der Waals surface area contributed by atoms with Crippen LogP contribution in [0.5, 0.6) is 5.75 Å². The van der Waals surface area contributed by atoms with Crippen molar-refractivity contribution in [2.75, 3.05) is 7.11 Å². The molecular formula is C12H14O6. The second-order valence-electron chi connectivity index (χ2n) is 3.71. The van der Waals surface area contributed by atoms with Gasteiger partial charge in [-0.15, -0.1) is 0 Å². The van der Waals surface area contributed by atoms with Crippen molar-refractivity contribution in [1.82, 2.24) is 0 Å². The standard InChI is InChI=1S/C12H14O6/c1-18-9-6-7(3-5-10(13)14)2-4-8(9)11(15)12(16)17/h2,4,6,11,15H,3,5H2,1H3,(H,13,14)(H,16,17). The smallest absolute Gasteiger partial charge is 0.337 e. The Bertz CT molecular complexity index is 454. The van der Waals surface area contributed by atoms with E-state index in [0.717, 1.165) is 0 Å². The van der Waals surface area contributed by atoms with Crippen LogP contribution in [0.15, 0.2) is 18.2 Å². The minimum absolute atomic E-state index is 0.0238. The van der Waals surface area contributed by atoms with Gasteiger partial charge in [-0.3, -0.25) is 4.79 Å². The number of hydrogen-bond donors (Lipinski definition) is 3. The van der Waals surface area contributed by atoms with E-state index in [0.29, 0.717) is 12.0 Å². The van der Waals surface area contributed by atoms with Crippen molar-refractivity contribution in [3.8, 4) is 5.75 Å². The molecule has 0 radical (unpaired) electrons. The average molecular weight is 254 g/mol. The third kappa shape index (κ3) is 3.46. The molecule has 1 atom stereocenters. The van der Waals surface area contributed by atoms with E-state index in [1.807, 2.05) is 0 Å². The van der Waals surface area contributed by atoms with E-state index < -0.39 is 18.0 Å². The van der Waals surface area contributed by atoms with Crippen LogP contribution in [0.1, 0.15) is 23.7 Å². The highest BCUT2D eigenvalue weighted by Crippen LogP contribution is 2.27. The van der Waals surface area contributed by atoms with Crippen LogP contribution in [0, 0.1) is 0 Å². The Kier molecular flexibility index (Phi) is 4.67. The van der Waals surface area contributed by atoms with E-state index in [-0.39, 0.29) is 17.7 Å². The van der Waals surface area contributed by atoms with Crippen LogP contribution < -0.4 is 4.74 Å². The summed E-state index contributed by atoms with van der Waals surface area (Å²) in [6.07, 6.45) is -1.37. The summed E-state index contributed by atoms with van der Waals surface area (Å²) in [6.45, 7) is 0. The lowest BCUT2D eigenvalue weighted by Gasteiger charge is -2.12. The molecule has 1 unspecified atom stereocenters. The van der Waals surface area contributed by atoms with Crippen LogP contribution in [0.25, 0.3) is 0 Å². The van der Waals surface area contributed by atoms with Crippen molar-refractivity contribution in [3.05, 3.63) is 29.3 Å². The summed E-state index contributed by atoms with van der Waals surface area (Å²) < 4.78 is 4.99. The van der Waals surface area contributed by atoms with Gasteiger partial charge in [-0.1, -0.05) is 12.1 Å². The first-order valence-electron chi connectivity index (χ1n) is 5.25. The number of rotatable bonds is 6. The van der Waals surface area contributed by atoms with Crippen LogP contribution in [0.2, 0.25) is 0 Å². The summed E-state index contributed by atoms with van der Waals surface area (Å²) in [5.74, 6) is -2.05. The number of benzene rings is 1. The zero-order chi connectivity index (χ0) is 13.7. The highest BCUT2D eigenvalue weighted by Gasteiger charge is 2.20. The van der Waals surface area contributed by atoms with E-state index in [9.17, 15) is 14.7 Å². The lowest BCUT2D eigenvalue weighted by molar-refractivity contribution is -0.147. The molecule has 6 heteroatoms. The Morgan fingerprint density at radius 1 is 1.33 bits per heavy atom. The van der Waals surface area contributed by atoms with Gasteiger partial charge < -0.3 is 20.1 Å². The van der Waals surface area contributed by atoms with E-state index in [2.05, 4.69) is 0 Å². The molecule has 0 bridgehead atoms. The third-order valence-corrected chi connectivity index (χ3v) is 2.45. The van der Waals surface area contributed by atoms with Crippen molar-refractivity contribution in [1.29, 1.82) is 0 Å². The average Bonchev–Trinajstić information content (AvgIpc) is 2.34. The molecule has 1 aromatic carbocycles. The molecule has 0 saturated heterocycles. The fraction of sp³-hybridized carbons (Fsp3) is 0.333. The Balaban J connectivity index is 2.96. The number of aliphatic hydroxyl groups is 1. The molecule has 0 heterocycles. The van der Waals surface area contributed by atoms with Crippen molar-refractivity contribution < 1.29 is 29.6 Å². The predicted molar refractivity (Wildman–Crippen MR) is 61.5 cm³/mol. The SMILES string of the molecule is COc1cc(CCC(=O)O)ccc1C(O)C(=O)O. The largest absolute Gasteiger partial charge is 0.496 e. The summed E-state index contributed by atoms with van der Waals surface area (Å²) in [7, 11) is 1.36. The van der Waals surface area contributed by atoms with Crippen molar-refractivity contribution >= 4 is 11.9 Å². The van der Waals surface area contributed by atoms with Crippen LogP contribution in [0.4, 0.5) is 0 Å². The summed E-state index contributed by atoms with van der Waals surface area (Å²) in [6, 6.07) is 4.53. The van der Waals surface area contributed by atoms with Crippen LogP contribution in [0.3, 0.4) is 0 Å². The fourth-order valence-corrected chi connectivity index (χ4v) is 1.52. The van der Waals surface area contributed by atoms with Gasteiger partial charge in [-0.05, 0) is 18.1 Å². The molecule has 0 amide bonds. The number of aliphatic hydroxyl groups excluding tert-OH is 1. The fourth-order valence-electron chi connectivity index (χ4n) is 1.52. The van der Waals surface area contributed by atoms with E-state index in [1.54, 1.807) is 6.07 Å².